The second kappa shape index (κ2) is 8.52. The van der Waals surface area contributed by atoms with Gasteiger partial charge in [-0.1, -0.05) is 54.2 Å². The fraction of sp³-hybridized carbons (Fsp3) is 0.0870. The van der Waals surface area contributed by atoms with Gasteiger partial charge in [-0.25, -0.2) is 4.98 Å². The number of anilines is 1. The molecule has 0 saturated heterocycles. The number of rotatable bonds is 6. The standard InChI is InChI=1S/C23H16N4O3S2/c28-19(12-32-23-25-18(26-27-23)11-13-5-4-10-31-13)24-17-9-3-8-16-20(17)22(30)15-7-2-1-6-14(15)21(16)29/h1-10H,11-12H2,(H,24,28)(H,25,26,27). The van der Waals surface area contributed by atoms with Gasteiger partial charge in [0.25, 0.3) is 0 Å². The summed E-state index contributed by atoms with van der Waals surface area (Å²) in [4.78, 5) is 44.0. The average molecular weight is 461 g/mol. The number of H-pyrrole nitrogens is 1. The van der Waals surface area contributed by atoms with Crippen molar-refractivity contribution in [2.75, 3.05) is 11.1 Å². The summed E-state index contributed by atoms with van der Waals surface area (Å²) in [6.07, 6.45) is 0.658. The van der Waals surface area contributed by atoms with Crippen molar-refractivity contribution in [3.05, 3.63) is 92.9 Å². The minimum Gasteiger partial charge on any atom is -0.325 e. The SMILES string of the molecule is O=C(CSc1n[nH]c(Cc2cccs2)n1)Nc1cccc2c1C(=O)c1ccccc1C2=O. The Morgan fingerprint density at radius 3 is 2.53 bits per heavy atom. The number of amides is 1. The molecule has 0 radical (unpaired) electrons. The molecule has 2 N–H and O–H groups in total. The summed E-state index contributed by atoms with van der Waals surface area (Å²) >= 11 is 2.84. The van der Waals surface area contributed by atoms with Gasteiger partial charge in [0, 0.05) is 28.0 Å². The average Bonchev–Trinajstić information content (AvgIpc) is 3.48. The van der Waals surface area contributed by atoms with Crippen LogP contribution in [0, 0.1) is 0 Å². The number of ketones is 2. The Labute approximate surface area is 191 Å². The van der Waals surface area contributed by atoms with Crippen LogP contribution >= 0.6 is 23.1 Å². The van der Waals surface area contributed by atoms with Crippen LogP contribution in [0.25, 0.3) is 0 Å². The van der Waals surface area contributed by atoms with Gasteiger partial charge >= 0.3 is 0 Å². The van der Waals surface area contributed by atoms with Crippen molar-refractivity contribution in [3.63, 3.8) is 0 Å². The molecule has 0 spiro atoms. The highest BCUT2D eigenvalue weighted by Crippen LogP contribution is 2.32. The number of aromatic nitrogens is 3. The molecule has 0 atom stereocenters. The zero-order valence-electron chi connectivity index (χ0n) is 16.6. The summed E-state index contributed by atoms with van der Waals surface area (Å²) in [6.45, 7) is 0. The van der Waals surface area contributed by atoms with Gasteiger partial charge in [0.15, 0.2) is 11.6 Å². The van der Waals surface area contributed by atoms with Crippen LogP contribution < -0.4 is 5.32 Å². The lowest BCUT2D eigenvalue weighted by Crippen LogP contribution is -2.24. The maximum Gasteiger partial charge on any atom is 0.234 e. The lowest BCUT2D eigenvalue weighted by Gasteiger charge is -2.20. The maximum atomic E-state index is 13.0. The topological polar surface area (TPSA) is 105 Å². The van der Waals surface area contributed by atoms with E-state index in [9.17, 15) is 14.4 Å². The first-order valence-corrected chi connectivity index (χ1v) is 11.6. The van der Waals surface area contributed by atoms with Crippen molar-refractivity contribution in [2.45, 2.75) is 11.6 Å². The van der Waals surface area contributed by atoms with Crippen molar-refractivity contribution >= 4 is 46.3 Å². The minimum atomic E-state index is -0.313. The molecular formula is C23H16N4O3S2. The molecule has 0 bridgehead atoms. The van der Waals surface area contributed by atoms with Crippen LogP contribution in [0.4, 0.5) is 5.69 Å². The normalized spacial score (nSPS) is 12.4. The second-order valence-electron chi connectivity index (χ2n) is 7.09. The Bertz CT molecular complexity index is 1350. The van der Waals surface area contributed by atoms with E-state index in [-0.39, 0.29) is 28.8 Å². The molecule has 7 nitrogen and oxygen atoms in total. The zero-order chi connectivity index (χ0) is 22.1. The van der Waals surface area contributed by atoms with Crippen LogP contribution in [0.2, 0.25) is 0 Å². The fourth-order valence-electron chi connectivity index (χ4n) is 3.57. The Balaban J connectivity index is 1.28. The van der Waals surface area contributed by atoms with Crippen molar-refractivity contribution in [1.29, 1.82) is 0 Å². The van der Waals surface area contributed by atoms with E-state index in [4.69, 9.17) is 0 Å². The Hall–Kier alpha value is -3.56. The summed E-state index contributed by atoms with van der Waals surface area (Å²) in [6, 6.07) is 15.6. The number of hydrogen-bond donors (Lipinski definition) is 2. The number of carbonyl (C=O) groups excluding carboxylic acids is 3. The largest absolute Gasteiger partial charge is 0.325 e. The van der Waals surface area contributed by atoms with Gasteiger partial charge in [-0.15, -0.1) is 16.4 Å². The predicted octanol–water partition coefficient (Wildman–Crippen LogP) is 3.96. The third-order valence-electron chi connectivity index (χ3n) is 4.99. The molecule has 2 aromatic carbocycles. The lowest BCUT2D eigenvalue weighted by atomic mass is 9.83. The number of thiophene rings is 1. The first-order chi connectivity index (χ1) is 15.6. The van der Waals surface area contributed by atoms with E-state index in [2.05, 4.69) is 20.5 Å². The number of thioether (sulfide) groups is 1. The molecule has 0 fully saturated rings. The quantitative estimate of drug-likeness (QED) is 0.372. The van der Waals surface area contributed by atoms with Gasteiger partial charge in [-0.05, 0) is 17.5 Å². The van der Waals surface area contributed by atoms with Gasteiger partial charge < -0.3 is 5.32 Å². The highest BCUT2D eigenvalue weighted by Gasteiger charge is 2.31. The molecule has 5 rings (SSSR count). The molecule has 4 aromatic rings. The Morgan fingerprint density at radius 2 is 1.75 bits per heavy atom. The Kier molecular flexibility index (Phi) is 5.42. The van der Waals surface area contributed by atoms with Crippen LogP contribution in [-0.4, -0.2) is 38.4 Å². The van der Waals surface area contributed by atoms with E-state index in [0.29, 0.717) is 34.0 Å². The van der Waals surface area contributed by atoms with Crippen LogP contribution in [0.5, 0.6) is 0 Å². The summed E-state index contributed by atoms with van der Waals surface area (Å²) in [5, 5.41) is 12.3. The van der Waals surface area contributed by atoms with Crippen molar-refractivity contribution in [3.8, 4) is 0 Å². The molecular weight excluding hydrogens is 444 g/mol. The zero-order valence-corrected chi connectivity index (χ0v) is 18.3. The van der Waals surface area contributed by atoms with E-state index >= 15 is 0 Å². The number of nitrogens with zero attached hydrogens (tertiary/aromatic N) is 2. The molecule has 1 aliphatic rings. The monoisotopic (exact) mass is 460 g/mol. The van der Waals surface area contributed by atoms with E-state index in [1.807, 2.05) is 17.5 Å². The summed E-state index contributed by atoms with van der Waals surface area (Å²) in [5.41, 5.74) is 1.58. The fourth-order valence-corrected chi connectivity index (χ4v) is 4.89. The maximum absolute atomic E-state index is 13.0. The Morgan fingerprint density at radius 1 is 0.969 bits per heavy atom. The predicted molar refractivity (Wildman–Crippen MR) is 123 cm³/mol. The summed E-state index contributed by atoms with van der Waals surface area (Å²) < 4.78 is 0. The molecule has 1 aliphatic carbocycles. The molecule has 32 heavy (non-hydrogen) atoms. The highest BCUT2D eigenvalue weighted by atomic mass is 32.2. The molecule has 2 heterocycles. The van der Waals surface area contributed by atoms with Crippen molar-refractivity contribution < 1.29 is 14.4 Å². The van der Waals surface area contributed by atoms with Crippen LogP contribution in [0.15, 0.2) is 65.1 Å². The molecule has 9 heteroatoms. The lowest BCUT2D eigenvalue weighted by molar-refractivity contribution is -0.113. The van der Waals surface area contributed by atoms with Crippen LogP contribution in [0.1, 0.15) is 42.5 Å². The third-order valence-corrected chi connectivity index (χ3v) is 6.72. The number of fused-ring (bicyclic) bond motifs is 2. The van der Waals surface area contributed by atoms with E-state index in [1.165, 1.54) is 16.6 Å². The van der Waals surface area contributed by atoms with E-state index < -0.39 is 0 Å². The van der Waals surface area contributed by atoms with E-state index in [0.717, 1.165) is 5.82 Å². The number of benzene rings is 2. The van der Waals surface area contributed by atoms with Gasteiger partial charge in [0.2, 0.25) is 11.1 Å². The molecule has 0 aliphatic heterocycles. The van der Waals surface area contributed by atoms with Gasteiger partial charge in [0.05, 0.1) is 17.0 Å². The third kappa shape index (κ3) is 3.88. The molecule has 0 unspecified atom stereocenters. The summed E-state index contributed by atoms with van der Waals surface area (Å²) in [5.74, 6) is -0.00780. The summed E-state index contributed by atoms with van der Waals surface area (Å²) in [7, 11) is 0. The molecule has 2 aromatic heterocycles. The van der Waals surface area contributed by atoms with Gasteiger partial charge in [-0.2, -0.15) is 0 Å². The number of carbonyl (C=O) groups is 3. The second-order valence-corrected chi connectivity index (χ2v) is 9.06. The number of hydrogen-bond acceptors (Lipinski definition) is 7. The van der Waals surface area contributed by atoms with Crippen LogP contribution in [-0.2, 0) is 11.2 Å². The molecule has 0 saturated carbocycles. The first-order valence-electron chi connectivity index (χ1n) is 9.78. The highest BCUT2D eigenvalue weighted by molar-refractivity contribution is 7.99. The number of aromatic amines is 1. The van der Waals surface area contributed by atoms with Gasteiger partial charge in [0.1, 0.15) is 5.82 Å². The number of nitrogens with one attached hydrogen (secondary N) is 2. The van der Waals surface area contributed by atoms with Crippen LogP contribution in [0.3, 0.4) is 0 Å². The molecule has 1 amide bonds. The smallest absolute Gasteiger partial charge is 0.234 e. The van der Waals surface area contributed by atoms with E-state index in [1.54, 1.807) is 53.8 Å². The first kappa shape index (κ1) is 20.3. The van der Waals surface area contributed by atoms with Crippen molar-refractivity contribution in [2.24, 2.45) is 0 Å². The van der Waals surface area contributed by atoms with Crippen molar-refractivity contribution in [1.82, 2.24) is 15.2 Å². The minimum absolute atomic E-state index is 0.0681. The van der Waals surface area contributed by atoms with Gasteiger partial charge in [-0.3, -0.25) is 19.5 Å². The molecule has 158 valence electrons.